The van der Waals surface area contributed by atoms with Crippen molar-refractivity contribution in [3.63, 3.8) is 0 Å². The second kappa shape index (κ2) is 6.09. The molecule has 0 fully saturated rings. The Morgan fingerprint density at radius 2 is 2.12 bits per heavy atom. The van der Waals surface area contributed by atoms with Gasteiger partial charge >= 0.3 is 0 Å². The first kappa shape index (κ1) is 14.1. The minimum absolute atomic E-state index is 0.00837. The number of halogens is 1. The highest BCUT2D eigenvalue weighted by atomic mass is 35.5. The van der Waals surface area contributed by atoms with Gasteiger partial charge in [0.05, 0.1) is 23.6 Å². The summed E-state index contributed by atoms with van der Waals surface area (Å²) < 4.78 is 30.7. The number of nitrogens with one attached hydrogen (secondary N) is 2. The van der Waals surface area contributed by atoms with Gasteiger partial charge in [0.2, 0.25) is 10.0 Å². The SMILES string of the molecule is CNCCS(=O)(=O)Nc1ccc(Cl)c(OC)c1. The van der Waals surface area contributed by atoms with Crippen LogP contribution in [-0.2, 0) is 10.0 Å². The molecule has 96 valence electrons. The molecule has 7 heteroatoms. The van der Waals surface area contributed by atoms with Crippen LogP contribution < -0.4 is 14.8 Å². The Hall–Kier alpha value is -0.980. The molecule has 0 radical (unpaired) electrons. The van der Waals surface area contributed by atoms with Gasteiger partial charge in [0, 0.05) is 12.6 Å². The van der Waals surface area contributed by atoms with Crippen LogP contribution in [0.2, 0.25) is 5.02 Å². The molecule has 1 rings (SSSR count). The lowest BCUT2D eigenvalue weighted by atomic mass is 10.3. The number of methoxy groups -OCH3 is 1. The molecule has 0 atom stereocenters. The van der Waals surface area contributed by atoms with Gasteiger partial charge in [-0.3, -0.25) is 4.72 Å². The van der Waals surface area contributed by atoms with E-state index in [2.05, 4.69) is 10.0 Å². The molecular formula is C10H15ClN2O3S. The van der Waals surface area contributed by atoms with Crippen molar-refractivity contribution >= 4 is 27.3 Å². The number of benzene rings is 1. The van der Waals surface area contributed by atoms with E-state index in [0.717, 1.165) is 0 Å². The summed E-state index contributed by atoms with van der Waals surface area (Å²) in [5, 5.41) is 3.21. The fraction of sp³-hybridized carbons (Fsp3) is 0.400. The summed E-state index contributed by atoms with van der Waals surface area (Å²) in [5.41, 5.74) is 0.433. The van der Waals surface area contributed by atoms with Gasteiger partial charge < -0.3 is 10.1 Å². The van der Waals surface area contributed by atoms with E-state index in [-0.39, 0.29) is 5.75 Å². The van der Waals surface area contributed by atoms with Crippen molar-refractivity contribution < 1.29 is 13.2 Å². The lowest BCUT2D eigenvalue weighted by Crippen LogP contribution is -2.24. The predicted octanol–water partition coefficient (Wildman–Crippen LogP) is 1.31. The monoisotopic (exact) mass is 278 g/mol. The molecule has 0 aliphatic heterocycles. The standard InChI is InChI=1S/C10H15ClN2O3S/c1-12-5-6-17(14,15)13-8-3-4-9(11)10(7-8)16-2/h3-4,7,12-13H,5-6H2,1-2H3. The summed E-state index contributed by atoms with van der Waals surface area (Å²) in [5.74, 6) is 0.439. The fourth-order valence-electron chi connectivity index (χ4n) is 1.19. The molecule has 0 spiro atoms. The third-order valence-electron chi connectivity index (χ3n) is 2.05. The first-order valence-corrected chi connectivity index (χ1v) is 7.00. The molecule has 0 amide bonds. The van der Waals surface area contributed by atoms with Crippen molar-refractivity contribution in [1.82, 2.24) is 5.32 Å². The zero-order chi connectivity index (χ0) is 12.9. The van der Waals surface area contributed by atoms with Crippen LogP contribution >= 0.6 is 11.6 Å². The van der Waals surface area contributed by atoms with Gasteiger partial charge in [0.1, 0.15) is 5.75 Å². The largest absolute Gasteiger partial charge is 0.495 e. The van der Waals surface area contributed by atoms with Crippen molar-refractivity contribution in [1.29, 1.82) is 0 Å². The summed E-state index contributed by atoms with van der Waals surface area (Å²) in [6, 6.07) is 4.71. The maximum absolute atomic E-state index is 11.6. The molecule has 0 aliphatic rings. The first-order valence-electron chi connectivity index (χ1n) is 4.97. The maximum Gasteiger partial charge on any atom is 0.233 e. The van der Waals surface area contributed by atoms with E-state index in [1.54, 1.807) is 25.2 Å². The number of anilines is 1. The quantitative estimate of drug-likeness (QED) is 0.823. The lowest BCUT2D eigenvalue weighted by Gasteiger charge is -2.09. The molecule has 1 aromatic rings. The average molecular weight is 279 g/mol. The molecule has 2 N–H and O–H groups in total. The van der Waals surface area contributed by atoms with Crippen LogP contribution in [-0.4, -0.2) is 34.9 Å². The van der Waals surface area contributed by atoms with Crippen LogP contribution in [0, 0.1) is 0 Å². The number of hydrogen-bond donors (Lipinski definition) is 2. The van der Waals surface area contributed by atoms with Crippen molar-refractivity contribution in [2.24, 2.45) is 0 Å². The molecular weight excluding hydrogens is 264 g/mol. The minimum atomic E-state index is -3.35. The Kier molecular flexibility index (Phi) is 5.04. The molecule has 0 bridgehead atoms. The molecule has 0 saturated carbocycles. The summed E-state index contributed by atoms with van der Waals surface area (Å²) in [6.45, 7) is 0.389. The van der Waals surface area contributed by atoms with Crippen molar-refractivity contribution in [3.8, 4) is 5.75 Å². The number of ether oxygens (including phenoxy) is 1. The number of hydrogen-bond acceptors (Lipinski definition) is 4. The van der Waals surface area contributed by atoms with Gasteiger partial charge in [-0.05, 0) is 19.2 Å². The van der Waals surface area contributed by atoms with Crippen LogP contribution in [0.1, 0.15) is 0 Å². The highest BCUT2D eigenvalue weighted by molar-refractivity contribution is 7.92. The summed E-state index contributed by atoms with van der Waals surface area (Å²) in [4.78, 5) is 0. The third kappa shape index (κ3) is 4.41. The Labute approximate surface area is 106 Å². The summed E-state index contributed by atoms with van der Waals surface area (Å²) >= 11 is 5.84. The van der Waals surface area contributed by atoms with Gasteiger partial charge in [-0.1, -0.05) is 11.6 Å². The van der Waals surface area contributed by atoms with Gasteiger partial charge in [0.25, 0.3) is 0 Å². The molecule has 17 heavy (non-hydrogen) atoms. The van der Waals surface area contributed by atoms with Crippen LogP contribution in [0.25, 0.3) is 0 Å². The van der Waals surface area contributed by atoms with E-state index in [0.29, 0.717) is 23.0 Å². The lowest BCUT2D eigenvalue weighted by molar-refractivity contribution is 0.415. The molecule has 0 unspecified atom stereocenters. The minimum Gasteiger partial charge on any atom is -0.495 e. The molecule has 0 saturated heterocycles. The Balaban J connectivity index is 2.81. The van der Waals surface area contributed by atoms with Gasteiger partial charge in [-0.2, -0.15) is 0 Å². The second-order valence-electron chi connectivity index (χ2n) is 3.37. The Bertz CT molecular complexity index is 476. The van der Waals surface area contributed by atoms with E-state index in [1.807, 2.05) is 0 Å². The van der Waals surface area contributed by atoms with Crippen LogP contribution in [0.3, 0.4) is 0 Å². The maximum atomic E-state index is 11.6. The molecule has 0 aromatic heterocycles. The molecule has 0 aliphatic carbocycles. The van der Waals surface area contributed by atoms with Crippen molar-refractivity contribution in [2.45, 2.75) is 0 Å². The highest BCUT2D eigenvalue weighted by Crippen LogP contribution is 2.27. The average Bonchev–Trinajstić information content (AvgIpc) is 2.29. The van der Waals surface area contributed by atoms with Crippen molar-refractivity contribution in [3.05, 3.63) is 23.2 Å². The topological polar surface area (TPSA) is 67.4 Å². The smallest absolute Gasteiger partial charge is 0.233 e. The third-order valence-corrected chi connectivity index (χ3v) is 3.65. The molecule has 1 aromatic carbocycles. The zero-order valence-corrected chi connectivity index (χ0v) is 11.2. The van der Waals surface area contributed by atoms with Gasteiger partial charge in [0.15, 0.2) is 0 Å². The zero-order valence-electron chi connectivity index (χ0n) is 9.66. The van der Waals surface area contributed by atoms with E-state index in [4.69, 9.17) is 16.3 Å². The summed E-state index contributed by atoms with van der Waals surface area (Å²) in [7, 11) is -0.178. The van der Waals surface area contributed by atoms with E-state index < -0.39 is 10.0 Å². The normalized spacial score (nSPS) is 11.2. The second-order valence-corrected chi connectivity index (χ2v) is 5.62. The van der Waals surface area contributed by atoms with E-state index in [9.17, 15) is 8.42 Å². The van der Waals surface area contributed by atoms with E-state index in [1.165, 1.54) is 7.11 Å². The summed E-state index contributed by atoms with van der Waals surface area (Å²) in [6.07, 6.45) is 0. The number of sulfonamides is 1. The van der Waals surface area contributed by atoms with E-state index >= 15 is 0 Å². The van der Waals surface area contributed by atoms with Gasteiger partial charge in [-0.25, -0.2) is 8.42 Å². The number of rotatable bonds is 6. The fourth-order valence-corrected chi connectivity index (χ4v) is 2.45. The van der Waals surface area contributed by atoms with Gasteiger partial charge in [-0.15, -0.1) is 0 Å². The van der Waals surface area contributed by atoms with Crippen LogP contribution in [0.4, 0.5) is 5.69 Å². The van der Waals surface area contributed by atoms with Crippen molar-refractivity contribution in [2.75, 3.05) is 31.2 Å². The highest BCUT2D eigenvalue weighted by Gasteiger charge is 2.10. The first-order chi connectivity index (χ1) is 7.98. The Morgan fingerprint density at radius 1 is 1.41 bits per heavy atom. The Morgan fingerprint density at radius 3 is 2.71 bits per heavy atom. The van der Waals surface area contributed by atoms with Crippen LogP contribution in [0.15, 0.2) is 18.2 Å². The van der Waals surface area contributed by atoms with Crippen LogP contribution in [0.5, 0.6) is 5.75 Å². The predicted molar refractivity (Wildman–Crippen MR) is 69.3 cm³/mol. The molecule has 0 heterocycles. The molecule has 5 nitrogen and oxygen atoms in total.